The number of para-hydroxylation sites is 1. The number of imide groups is 1. The summed E-state index contributed by atoms with van der Waals surface area (Å²) in [4.78, 5) is 39.5. The molecule has 1 unspecified atom stereocenters. The largest absolute Gasteiger partial charge is 0.449 e. The Balaban J connectivity index is 1.96. The first kappa shape index (κ1) is 19.1. The molecule has 7 nitrogen and oxygen atoms in total. The third-order valence-corrected chi connectivity index (χ3v) is 3.38. The molecule has 2 aromatic rings. The molecule has 7 heteroatoms. The minimum absolute atomic E-state index is 0.113. The molecule has 0 aliphatic heterocycles. The monoisotopic (exact) mass is 355 g/mol. The molecule has 2 rings (SSSR count). The number of fused-ring (bicyclic) bond motifs is 1. The third-order valence-electron chi connectivity index (χ3n) is 3.38. The predicted octanol–water partition coefficient (Wildman–Crippen LogP) is 2.41. The molecule has 3 amide bonds. The van der Waals surface area contributed by atoms with Gasteiger partial charge in [0.05, 0.1) is 5.52 Å². The lowest BCUT2D eigenvalue weighted by Gasteiger charge is -2.13. The van der Waals surface area contributed by atoms with E-state index in [0.29, 0.717) is 0 Å². The summed E-state index contributed by atoms with van der Waals surface area (Å²) in [7, 11) is 0. The van der Waals surface area contributed by atoms with Crippen LogP contribution in [0, 0.1) is 0 Å². The van der Waals surface area contributed by atoms with Crippen LogP contribution >= 0.6 is 0 Å². The maximum absolute atomic E-state index is 11.9. The molecule has 0 saturated heterocycles. The molecule has 1 aromatic heterocycles. The Hall–Kier alpha value is -3.22. The number of rotatable bonds is 5. The molecule has 1 atom stereocenters. The Bertz CT molecular complexity index is 840. The number of pyridine rings is 1. The van der Waals surface area contributed by atoms with Crippen molar-refractivity contribution < 1.29 is 19.1 Å². The molecule has 2 N–H and O–H groups in total. The lowest BCUT2D eigenvalue weighted by molar-refractivity contribution is -0.149. The van der Waals surface area contributed by atoms with E-state index in [-0.39, 0.29) is 6.04 Å². The molecule has 1 aromatic carbocycles. The number of nitrogens with zero attached hydrogens (tertiary/aromatic N) is 1. The van der Waals surface area contributed by atoms with Crippen molar-refractivity contribution >= 4 is 34.9 Å². The van der Waals surface area contributed by atoms with Crippen molar-refractivity contribution in [2.75, 3.05) is 0 Å². The van der Waals surface area contributed by atoms with Crippen LogP contribution in [0.3, 0.4) is 0 Å². The van der Waals surface area contributed by atoms with Crippen LogP contribution in [0.4, 0.5) is 4.79 Å². The van der Waals surface area contributed by atoms with Gasteiger partial charge in [0.2, 0.25) is 0 Å². The lowest BCUT2D eigenvalue weighted by atomic mass is 10.1. The Morgan fingerprint density at radius 1 is 1.12 bits per heavy atom. The highest BCUT2D eigenvalue weighted by Gasteiger charge is 2.19. The topological polar surface area (TPSA) is 97.4 Å². The van der Waals surface area contributed by atoms with Crippen LogP contribution in [0.5, 0.6) is 0 Å². The maximum atomic E-state index is 11.9. The summed E-state index contributed by atoms with van der Waals surface area (Å²) in [6.45, 7) is 4.92. The van der Waals surface area contributed by atoms with E-state index in [9.17, 15) is 14.4 Å². The first-order valence-electron chi connectivity index (χ1n) is 8.20. The fourth-order valence-electron chi connectivity index (χ4n) is 2.20. The van der Waals surface area contributed by atoms with Gasteiger partial charge in [0.1, 0.15) is 0 Å². The molecule has 1 heterocycles. The van der Waals surface area contributed by atoms with Crippen molar-refractivity contribution in [3.8, 4) is 0 Å². The van der Waals surface area contributed by atoms with Gasteiger partial charge in [0.25, 0.3) is 5.91 Å². The summed E-state index contributed by atoms with van der Waals surface area (Å²) in [5.74, 6) is -1.39. The summed E-state index contributed by atoms with van der Waals surface area (Å²) in [5.41, 5.74) is 1.52. The van der Waals surface area contributed by atoms with Crippen molar-refractivity contribution in [2.45, 2.75) is 32.9 Å². The van der Waals surface area contributed by atoms with E-state index in [2.05, 4.69) is 15.6 Å². The summed E-state index contributed by atoms with van der Waals surface area (Å²) in [5, 5.41) is 5.58. The number of benzene rings is 1. The standard InChI is InChI=1S/C19H21N3O4/c1-12(2)21-19(25)22-18(24)13(3)26-16(23)10-9-15-7-4-6-14-8-5-11-20-17(14)15/h4-13H,1-3H3,(H2,21,22,24,25)/b10-9+. The number of ether oxygens (including phenoxy) is 1. The average Bonchev–Trinajstić information content (AvgIpc) is 2.59. The summed E-state index contributed by atoms with van der Waals surface area (Å²) in [6.07, 6.45) is 3.37. The van der Waals surface area contributed by atoms with Crippen LogP contribution < -0.4 is 10.6 Å². The Morgan fingerprint density at radius 3 is 2.58 bits per heavy atom. The molecule has 26 heavy (non-hydrogen) atoms. The molecular formula is C19H21N3O4. The van der Waals surface area contributed by atoms with Crippen molar-refractivity contribution in [1.82, 2.24) is 15.6 Å². The van der Waals surface area contributed by atoms with E-state index in [1.54, 1.807) is 26.1 Å². The second kappa shape index (κ2) is 8.75. The number of amides is 3. The predicted molar refractivity (Wildman–Crippen MR) is 98.1 cm³/mol. The van der Waals surface area contributed by atoms with Gasteiger partial charge in [0, 0.05) is 29.3 Å². The summed E-state index contributed by atoms with van der Waals surface area (Å²) in [6, 6.07) is 8.62. The Labute approximate surface area is 151 Å². The van der Waals surface area contributed by atoms with E-state index in [1.807, 2.05) is 30.3 Å². The smallest absolute Gasteiger partial charge is 0.331 e. The van der Waals surface area contributed by atoms with Crippen LogP contribution in [-0.2, 0) is 14.3 Å². The van der Waals surface area contributed by atoms with Gasteiger partial charge < -0.3 is 10.1 Å². The van der Waals surface area contributed by atoms with E-state index >= 15 is 0 Å². The molecule has 0 radical (unpaired) electrons. The zero-order chi connectivity index (χ0) is 19.1. The molecule has 0 aliphatic carbocycles. The molecule has 0 saturated carbocycles. The normalized spacial score (nSPS) is 12.2. The van der Waals surface area contributed by atoms with E-state index < -0.39 is 24.0 Å². The van der Waals surface area contributed by atoms with Crippen LogP contribution in [0.1, 0.15) is 26.3 Å². The average molecular weight is 355 g/mol. The fourth-order valence-corrected chi connectivity index (χ4v) is 2.20. The van der Waals surface area contributed by atoms with E-state index in [4.69, 9.17) is 4.74 Å². The van der Waals surface area contributed by atoms with E-state index in [1.165, 1.54) is 13.0 Å². The van der Waals surface area contributed by atoms with Gasteiger partial charge in [-0.2, -0.15) is 0 Å². The zero-order valence-electron chi connectivity index (χ0n) is 14.9. The number of nitrogens with one attached hydrogen (secondary N) is 2. The Kier molecular flexibility index (Phi) is 6.43. The lowest BCUT2D eigenvalue weighted by Crippen LogP contribution is -2.46. The highest BCUT2D eigenvalue weighted by atomic mass is 16.5. The highest BCUT2D eigenvalue weighted by molar-refractivity contribution is 5.98. The quantitative estimate of drug-likeness (QED) is 0.634. The van der Waals surface area contributed by atoms with Crippen molar-refractivity contribution in [3.63, 3.8) is 0 Å². The molecular weight excluding hydrogens is 334 g/mol. The van der Waals surface area contributed by atoms with E-state index in [0.717, 1.165) is 16.5 Å². The number of hydrogen-bond acceptors (Lipinski definition) is 5. The minimum atomic E-state index is -1.10. The van der Waals surface area contributed by atoms with Gasteiger partial charge in [0.15, 0.2) is 6.10 Å². The van der Waals surface area contributed by atoms with Crippen molar-refractivity contribution in [3.05, 3.63) is 48.2 Å². The number of urea groups is 1. The number of esters is 1. The molecule has 0 spiro atoms. The number of carbonyl (C=O) groups is 3. The first-order valence-corrected chi connectivity index (χ1v) is 8.20. The summed E-state index contributed by atoms with van der Waals surface area (Å²) >= 11 is 0. The molecule has 0 bridgehead atoms. The van der Waals surface area contributed by atoms with Gasteiger partial charge in [-0.25, -0.2) is 9.59 Å². The van der Waals surface area contributed by atoms with Crippen LogP contribution in [0.2, 0.25) is 0 Å². The first-order chi connectivity index (χ1) is 12.4. The minimum Gasteiger partial charge on any atom is -0.449 e. The van der Waals surface area contributed by atoms with Crippen LogP contribution in [0.15, 0.2) is 42.6 Å². The number of aromatic nitrogens is 1. The maximum Gasteiger partial charge on any atom is 0.331 e. The highest BCUT2D eigenvalue weighted by Crippen LogP contribution is 2.17. The number of hydrogen-bond donors (Lipinski definition) is 2. The van der Waals surface area contributed by atoms with Gasteiger partial charge in [-0.05, 0) is 32.9 Å². The Morgan fingerprint density at radius 2 is 1.85 bits per heavy atom. The van der Waals surface area contributed by atoms with Crippen LogP contribution in [-0.4, -0.2) is 35.0 Å². The molecule has 0 aliphatic rings. The molecule has 136 valence electrons. The second-order valence-electron chi connectivity index (χ2n) is 5.95. The van der Waals surface area contributed by atoms with Crippen molar-refractivity contribution in [2.24, 2.45) is 0 Å². The van der Waals surface area contributed by atoms with Crippen LogP contribution in [0.25, 0.3) is 17.0 Å². The summed E-state index contributed by atoms with van der Waals surface area (Å²) < 4.78 is 5.01. The number of carbonyl (C=O) groups excluding carboxylic acids is 3. The van der Waals surface area contributed by atoms with Gasteiger partial charge in [-0.3, -0.25) is 15.1 Å². The van der Waals surface area contributed by atoms with Gasteiger partial charge >= 0.3 is 12.0 Å². The third kappa shape index (κ3) is 5.41. The van der Waals surface area contributed by atoms with Crippen molar-refractivity contribution in [1.29, 1.82) is 0 Å². The fraction of sp³-hybridized carbons (Fsp3) is 0.263. The van der Waals surface area contributed by atoms with Gasteiger partial charge in [-0.15, -0.1) is 0 Å². The SMILES string of the molecule is CC(C)NC(=O)NC(=O)C(C)OC(=O)/C=C/c1cccc2cccnc12. The molecule has 0 fully saturated rings. The van der Waals surface area contributed by atoms with Gasteiger partial charge in [-0.1, -0.05) is 24.3 Å². The zero-order valence-corrected chi connectivity index (χ0v) is 14.9. The second-order valence-corrected chi connectivity index (χ2v) is 5.95.